The van der Waals surface area contributed by atoms with Crippen molar-refractivity contribution in [1.29, 1.82) is 0 Å². The molecule has 0 aliphatic heterocycles. The van der Waals surface area contributed by atoms with Crippen LogP contribution in [0.25, 0.3) is 0 Å². The molecule has 0 aromatic heterocycles. The summed E-state index contributed by atoms with van der Waals surface area (Å²) in [7, 11) is 3.15. The molecule has 0 heterocycles. The number of esters is 1. The quantitative estimate of drug-likeness (QED) is 0.495. The number of hydrogen-bond acceptors (Lipinski definition) is 4. The minimum atomic E-state index is -2.68. The standard InChI is InChI=1S/C3H5O2.2CH3O.CH3.Ti/c1-3(4)5-2;2*1-2;;/h2H2,1H3;2*1H3;1H3;/q;2*-1;;+2. The molecule has 0 unspecified atom stereocenters. The Balaban J connectivity index is 3.78. The molecule has 11 heavy (non-hydrogen) atoms. The molecule has 5 heteroatoms. The van der Waals surface area contributed by atoms with Gasteiger partial charge < -0.3 is 0 Å². The third-order valence-electron chi connectivity index (χ3n) is 1.40. The SMILES string of the molecule is C[O][Ti]([CH3])([CH2]OC(C)=O)[O]C. The predicted molar refractivity (Wildman–Crippen MR) is 36.5 cm³/mol. The first-order valence-corrected chi connectivity index (χ1v) is 7.22. The van der Waals surface area contributed by atoms with E-state index < -0.39 is 17.4 Å². The normalized spacial score (nSPS) is 11.3. The second kappa shape index (κ2) is 4.88. The van der Waals surface area contributed by atoms with Gasteiger partial charge in [-0.15, -0.1) is 0 Å². The van der Waals surface area contributed by atoms with Gasteiger partial charge in [0.2, 0.25) is 0 Å². The van der Waals surface area contributed by atoms with Crippen molar-refractivity contribution in [1.82, 2.24) is 0 Å². The summed E-state index contributed by atoms with van der Waals surface area (Å²) in [6.07, 6.45) is 0. The molecule has 0 radical (unpaired) electrons. The van der Waals surface area contributed by atoms with Gasteiger partial charge in [0.25, 0.3) is 0 Å². The fourth-order valence-electron chi connectivity index (χ4n) is 0.434. The van der Waals surface area contributed by atoms with Crippen molar-refractivity contribution in [2.24, 2.45) is 0 Å². The second-order valence-corrected chi connectivity index (χ2v) is 7.59. The summed E-state index contributed by atoms with van der Waals surface area (Å²) < 4.78 is 15.0. The molecular weight excluding hydrogens is 184 g/mol. The van der Waals surface area contributed by atoms with Gasteiger partial charge >= 0.3 is 70.8 Å². The van der Waals surface area contributed by atoms with E-state index in [1.54, 1.807) is 14.2 Å². The fourth-order valence-corrected chi connectivity index (χ4v) is 1.79. The average molecular weight is 198 g/mol. The molecule has 66 valence electrons. The zero-order chi connectivity index (χ0) is 8.91. The maximum atomic E-state index is 10.4. The van der Waals surface area contributed by atoms with Crippen LogP contribution in [0.5, 0.6) is 0 Å². The van der Waals surface area contributed by atoms with Crippen LogP contribution in [-0.4, -0.2) is 25.1 Å². The summed E-state index contributed by atoms with van der Waals surface area (Å²) in [4.78, 5) is 10.7. The molecule has 0 aromatic carbocycles. The van der Waals surface area contributed by atoms with E-state index in [4.69, 9.17) is 11.4 Å². The molecule has 0 amide bonds. The zero-order valence-corrected chi connectivity index (χ0v) is 8.90. The van der Waals surface area contributed by atoms with E-state index in [9.17, 15) is 4.79 Å². The van der Waals surface area contributed by atoms with E-state index in [1.165, 1.54) is 6.92 Å². The van der Waals surface area contributed by atoms with Crippen molar-refractivity contribution in [3.63, 3.8) is 0 Å². The Kier molecular flexibility index (Phi) is 4.92. The topological polar surface area (TPSA) is 44.8 Å². The van der Waals surface area contributed by atoms with Crippen LogP contribution in [0.15, 0.2) is 0 Å². The van der Waals surface area contributed by atoms with Crippen LogP contribution in [0.2, 0.25) is 5.23 Å². The molecule has 0 N–H and O–H groups in total. The molecule has 0 spiro atoms. The Labute approximate surface area is 71.1 Å². The van der Waals surface area contributed by atoms with Crippen LogP contribution in [-0.2, 0) is 33.5 Å². The van der Waals surface area contributed by atoms with Gasteiger partial charge in [0.05, 0.1) is 0 Å². The first kappa shape index (κ1) is 11.1. The third kappa shape index (κ3) is 4.53. The Morgan fingerprint density at radius 3 is 2.09 bits per heavy atom. The number of hydrogen-bond donors (Lipinski definition) is 0. The summed E-state index contributed by atoms with van der Waals surface area (Å²) in [6, 6.07) is 0. The molecule has 4 nitrogen and oxygen atoms in total. The first-order chi connectivity index (χ1) is 5.04. The minimum absolute atomic E-state index is 0.294. The van der Waals surface area contributed by atoms with Crippen LogP contribution in [0.3, 0.4) is 0 Å². The van der Waals surface area contributed by atoms with E-state index >= 15 is 0 Å². The van der Waals surface area contributed by atoms with Gasteiger partial charge in [0, 0.05) is 0 Å². The molecule has 0 fully saturated rings. The monoisotopic (exact) mass is 198 g/mol. The molecule has 0 rings (SSSR count). The van der Waals surface area contributed by atoms with Gasteiger partial charge in [-0.3, -0.25) is 0 Å². The van der Waals surface area contributed by atoms with Crippen LogP contribution in [0, 0.1) is 0 Å². The van der Waals surface area contributed by atoms with Crippen molar-refractivity contribution < 1.29 is 33.5 Å². The fraction of sp³-hybridized carbons (Fsp3) is 0.833. The van der Waals surface area contributed by atoms with E-state index in [0.717, 1.165) is 0 Å². The second-order valence-electron chi connectivity index (χ2n) is 2.32. The molecule has 0 aliphatic rings. The summed E-state index contributed by atoms with van der Waals surface area (Å²) in [6.45, 7) is 1.37. The molecular formula is C6H14O4Ti. The van der Waals surface area contributed by atoms with Crippen LogP contribution in [0.4, 0.5) is 0 Å². The summed E-state index contributed by atoms with van der Waals surface area (Å²) in [5.41, 5.74) is 0. The first-order valence-electron chi connectivity index (χ1n) is 3.28. The van der Waals surface area contributed by atoms with Crippen LogP contribution in [0.1, 0.15) is 6.92 Å². The van der Waals surface area contributed by atoms with Crippen molar-refractivity contribution in [2.45, 2.75) is 12.2 Å². The van der Waals surface area contributed by atoms with Gasteiger partial charge in [0.15, 0.2) is 0 Å². The van der Waals surface area contributed by atoms with E-state index in [1.807, 2.05) is 5.23 Å². The maximum absolute atomic E-state index is 10.4. The average Bonchev–Trinajstić information content (AvgIpc) is 2.00. The third-order valence-corrected chi connectivity index (χ3v) is 5.14. The van der Waals surface area contributed by atoms with E-state index in [-0.39, 0.29) is 5.97 Å². The predicted octanol–water partition coefficient (Wildman–Crippen LogP) is 0.832. The molecule has 0 aromatic rings. The summed E-state index contributed by atoms with van der Waals surface area (Å²) in [5.74, 6) is -0.295. The summed E-state index contributed by atoms with van der Waals surface area (Å²) in [5, 5.41) is 1.88. The van der Waals surface area contributed by atoms with Gasteiger partial charge in [-0.1, -0.05) is 0 Å². The number of carbonyl (C=O) groups excluding carboxylic acids is 1. The van der Waals surface area contributed by atoms with E-state index in [2.05, 4.69) is 0 Å². The Morgan fingerprint density at radius 2 is 1.82 bits per heavy atom. The van der Waals surface area contributed by atoms with Crippen molar-refractivity contribution in [3.05, 3.63) is 0 Å². The Hall–Kier alpha value is 0.104. The molecule has 0 saturated heterocycles. The van der Waals surface area contributed by atoms with Crippen molar-refractivity contribution in [3.8, 4) is 0 Å². The number of rotatable bonds is 4. The van der Waals surface area contributed by atoms with Crippen molar-refractivity contribution in [2.75, 3.05) is 19.1 Å². The van der Waals surface area contributed by atoms with Gasteiger partial charge in [-0.25, -0.2) is 0 Å². The zero-order valence-electron chi connectivity index (χ0n) is 7.34. The van der Waals surface area contributed by atoms with Crippen molar-refractivity contribution >= 4 is 5.97 Å². The van der Waals surface area contributed by atoms with E-state index in [0.29, 0.717) is 4.91 Å². The van der Waals surface area contributed by atoms with Gasteiger partial charge in [-0.05, 0) is 0 Å². The molecule has 0 bridgehead atoms. The number of ether oxygens (including phenoxy) is 1. The van der Waals surface area contributed by atoms with Gasteiger partial charge in [0.1, 0.15) is 0 Å². The van der Waals surface area contributed by atoms with Gasteiger partial charge in [-0.2, -0.15) is 0 Å². The Bertz CT molecular complexity index is 133. The number of carbonyl (C=O) groups is 1. The molecule has 0 saturated carbocycles. The Morgan fingerprint density at radius 1 is 1.36 bits per heavy atom. The molecule has 0 atom stereocenters. The van der Waals surface area contributed by atoms with Crippen LogP contribution >= 0.6 is 0 Å². The van der Waals surface area contributed by atoms with Crippen LogP contribution < -0.4 is 0 Å². The summed E-state index contributed by atoms with van der Waals surface area (Å²) >= 11 is -2.68. The molecule has 0 aliphatic carbocycles.